The van der Waals surface area contributed by atoms with Gasteiger partial charge in [0.05, 0.1) is 5.56 Å². The highest BCUT2D eigenvalue weighted by atomic mass is 79.9. The van der Waals surface area contributed by atoms with E-state index in [-0.39, 0.29) is 23.9 Å². The van der Waals surface area contributed by atoms with Gasteiger partial charge < -0.3 is 15.0 Å². The molecule has 2 bridgehead atoms. The molecule has 0 radical (unpaired) electrons. The SMILES string of the molecule is O=C1CC2CCC(CN1)N2C(=O)c1ccc(Oc2cccc(Br)c2)nc1. The van der Waals surface area contributed by atoms with Crippen molar-refractivity contribution in [2.75, 3.05) is 6.54 Å². The van der Waals surface area contributed by atoms with Crippen LogP contribution in [0, 0.1) is 0 Å². The first-order valence-corrected chi connectivity index (χ1v) is 9.38. The average Bonchev–Trinajstić information content (AvgIpc) is 2.93. The number of benzene rings is 1. The Balaban J connectivity index is 1.49. The molecule has 1 aromatic carbocycles. The lowest BCUT2D eigenvalue weighted by Crippen LogP contribution is -2.42. The van der Waals surface area contributed by atoms with Gasteiger partial charge in [0.1, 0.15) is 5.75 Å². The Hall–Kier alpha value is -2.41. The van der Waals surface area contributed by atoms with Crippen molar-refractivity contribution in [2.45, 2.75) is 31.3 Å². The number of carbonyl (C=O) groups is 2. The molecular formula is C19H18BrN3O3. The summed E-state index contributed by atoms with van der Waals surface area (Å²) >= 11 is 3.40. The van der Waals surface area contributed by atoms with Gasteiger partial charge in [-0.25, -0.2) is 4.98 Å². The largest absolute Gasteiger partial charge is 0.439 e. The summed E-state index contributed by atoms with van der Waals surface area (Å²) in [5.41, 5.74) is 0.512. The van der Waals surface area contributed by atoms with Crippen molar-refractivity contribution in [3.05, 3.63) is 52.6 Å². The smallest absolute Gasteiger partial charge is 0.255 e. The molecule has 4 rings (SSSR count). The summed E-state index contributed by atoms with van der Waals surface area (Å²) in [5, 5.41) is 2.88. The van der Waals surface area contributed by atoms with Crippen LogP contribution < -0.4 is 10.1 Å². The third-order valence-corrected chi connectivity index (χ3v) is 5.31. The Morgan fingerprint density at radius 3 is 2.85 bits per heavy atom. The van der Waals surface area contributed by atoms with E-state index < -0.39 is 0 Å². The molecule has 1 N–H and O–H groups in total. The number of hydrogen-bond acceptors (Lipinski definition) is 4. The summed E-state index contributed by atoms with van der Waals surface area (Å²) in [4.78, 5) is 30.8. The minimum Gasteiger partial charge on any atom is -0.439 e. The number of hydrogen-bond donors (Lipinski definition) is 1. The first-order chi connectivity index (χ1) is 12.6. The van der Waals surface area contributed by atoms with Crippen LogP contribution in [0.5, 0.6) is 11.6 Å². The minimum absolute atomic E-state index is 0.0193. The summed E-state index contributed by atoms with van der Waals surface area (Å²) in [6, 6.07) is 10.9. The van der Waals surface area contributed by atoms with Crippen LogP contribution in [0.25, 0.3) is 0 Å². The van der Waals surface area contributed by atoms with Gasteiger partial charge in [0.25, 0.3) is 5.91 Å². The molecular weight excluding hydrogens is 398 g/mol. The van der Waals surface area contributed by atoms with Crippen LogP contribution in [-0.2, 0) is 4.79 Å². The molecule has 2 atom stereocenters. The fraction of sp³-hybridized carbons (Fsp3) is 0.316. The Bertz CT molecular complexity index is 840. The predicted molar refractivity (Wildman–Crippen MR) is 99.1 cm³/mol. The quantitative estimate of drug-likeness (QED) is 0.835. The van der Waals surface area contributed by atoms with Crippen molar-refractivity contribution in [2.24, 2.45) is 0 Å². The lowest BCUT2D eigenvalue weighted by Gasteiger charge is -2.27. The van der Waals surface area contributed by atoms with E-state index in [2.05, 4.69) is 26.2 Å². The van der Waals surface area contributed by atoms with Gasteiger partial charge in [0.15, 0.2) is 0 Å². The van der Waals surface area contributed by atoms with E-state index in [4.69, 9.17) is 4.74 Å². The third-order valence-electron chi connectivity index (χ3n) is 4.81. The third kappa shape index (κ3) is 3.44. The Labute approximate surface area is 159 Å². The number of halogens is 1. The monoisotopic (exact) mass is 415 g/mol. The molecule has 7 heteroatoms. The second-order valence-corrected chi connectivity index (χ2v) is 7.47. The van der Waals surface area contributed by atoms with Crippen molar-refractivity contribution in [1.29, 1.82) is 0 Å². The van der Waals surface area contributed by atoms with E-state index in [1.165, 1.54) is 6.20 Å². The summed E-state index contributed by atoms with van der Waals surface area (Å²) in [6.45, 7) is 0.526. The van der Waals surface area contributed by atoms with E-state index in [1.54, 1.807) is 12.1 Å². The molecule has 0 saturated carbocycles. The molecule has 26 heavy (non-hydrogen) atoms. The first kappa shape index (κ1) is 17.0. The van der Waals surface area contributed by atoms with E-state index in [9.17, 15) is 9.59 Å². The number of rotatable bonds is 3. The molecule has 2 aliphatic heterocycles. The maximum Gasteiger partial charge on any atom is 0.255 e. The van der Waals surface area contributed by atoms with Crippen molar-refractivity contribution >= 4 is 27.7 Å². The van der Waals surface area contributed by atoms with Crippen LogP contribution in [0.4, 0.5) is 0 Å². The second-order valence-electron chi connectivity index (χ2n) is 6.55. The lowest BCUT2D eigenvalue weighted by atomic mass is 10.1. The van der Waals surface area contributed by atoms with Crippen LogP contribution in [0.3, 0.4) is 0 Å². The van der Waals surface area contributed by atoms with Crippen molar-refractivity contribution in [3.8, 4) is 11.6 Å². The topological polar surface area (TPSA) is 71.5 Å². The van der Waals surface area contributed by atoms with Gasteiger partial charge in [-0.2, -0.15) is 0 Å². The number of ether oxygens (including phenoxy) is 1. The number of carbonyl (C=O) groups excluding carboxylic acids is 2. The highest BCUT2D eigenvalue weighted by Gasteiger charge is 2.40. The molecule has 6 nitrogen and oxygen atoms in total. The second kappa shape index (κ2) is 7.07. The minimum atomic E-state index is -0.0736. The Kier molecular flexibility index (Phi) is 4.63. The maximum atomic E-state index is 12.9. The van der Waals surface area contributed by atoms with E-state index >= 15 is 0 Å². The van der Waals surface area contributed by atoms with Crippen LogP contribution in [-0.4, -0.2) is 40.3 Å². The van der Waals surface area contributed by atoms with Gasteiger partial charge in [-0.15, -0.1) is 0 Å². The Morgan fingerprint density at radius 1 is 1.23 bits per heavy atom. The van der Waals surface area contributed by atoms with E-state index in [0.717, 1.165) is 17.3 Å². The molecule has 134 valence electrons. The zero-order valence-electron chi connectivity index (χ0n) is 14.0. The highest BCUT2D eigenvalue weighted by Crippen LogP contribution is 2.30. The number of fused-ring (bicyclic) bond motifs is 2. The van der Waals surface area contributed by atoms with Crippen molar-refractivity contribution < 1.29 is 14.3 Å². The molecule has 1 aromatic heterocycles. The summed E-state index contributed by atoms with van der Waals surface area (Å²) in [6.07, 6.45) is 3.71. The maximum absolute atomic E-state index is 12.9. The van der Waals surface area contributed by atoms with Gasteiger partial charge in [0, 0.05) is 41.8 Å². The van der Waals surface area contributed by atoms with Gasteiger partial charge in [-0.05, 0) is 37.1 Å². The van der Waals surface area contributed by atoms with Gasteiger partial charge in [0.2, 0.25) is 11.8 Å². The molecule has 2 aromatic rings. The molecule has 0 aliphatic carbocycles. The molecule has 2 fully saturated rings. The van der Waals surface area contributed by atoms with Gasteiger partial charge >= 0.3 is 0 Å². The first-order valence-electron chi connectivity index (χ1n) is 8.59. The van der Waals surface area contributed by atoms with Crippen LogP contribution in [0.1, 0.15) is 29.6 Å². The number of nitrogens with one attached hydrogen (secondary N) is 1. The molecule has 2 unspecified atom stereocenters. The van der Waals surface area contributed by atoms with Crippen molar-refractivity contribution in [1.82, 2.24) is 15.2 Å². The summed E-state index contributed by atoms with van der Waals surface area (Å²) in [5.74, 6) is 1.04. The standard InChI is InChI=1S/C19H18BrN3O3/c20-13-2-1-3-16(8-13)26-18-7-4-12(10-22-18)19(25)23-14-5-6-15(23)11-21-17(24)9-14/h1-4,7-8,10,14-15H,5-6,9,11H2,(H,21,24). The molecule has 2 aliphatic rings. The molecule has 3 heterocycles. The fourth-order valence-electron chi connectivity index (χ4n) is 3.58. The fourth-order valence-corrected chi connectivity index (χ4v) is 3.96. The number of pyridine rings is 1. The number of aromatic nitrogens is 1. The van der Waals surface area contributed by atoms with Crippen molar-refractivity contribution in [3.63, 3.8) is 0 Å². The van der Waals surface area contributed by atoms with Gasteiger partial charge in [-0.3, -0.25) is 9.59 Å². The lowest BCUT2D eigenvalue weighted by molar-refractivity contribution is -0.121. The zero-order valence-corrected chi connectivity index (χ0v) is 15.6. The van der Waals surface area contributed by atoms with E-state index in [1.807, 2.05) is 29.2 Å². The Morgan fingerprint density at radius 2 is 2.08 bits per heavy atom. The van der Waals surface area contributed by atoms with E-state index in [0.29, 0.717) is 30.2 Å². The normalized spacial score (nSPS) is 21.9. The summed E-state index contributed by atoms with van der Waals surface area (Å²) < 4.78 is 6.63. The number of nitrogens with zero attached hydrogens (tertiary/aromatic N) is 2. The van der Waals surface area contributed by atoms with Crippen LogP contribution in [0.2, 0.25) is 0 Å². The highest BCUT2D eigenvalue weighted by molar-refractivity contribution is 9.10. The summed E-state index contributed by atoms with van der Waals surface area (Å²) in [7, 11) is 0. The molecule has 2 amide bonds. The average molecular weight is 416 g/mol. The molecule has 2 saturated heterocycles. The molecule has 0 spiro atoms. The zero-order chi connectivity index (χ0) is 18.1. The van der Waals surface area contributed by atoms with Gasteiger partial charge in [-0.1, -0.05) is 22.0 Å². The van der Waals surface area contributed by atoms with Crippen LogP contribution in [0.15, 0.2) is 47.1 Å². The predicted octanol–water partition coefficient (Wildman–Crippen LogP) is 3.13. The number of amides is 2. The van der Waals surface area contributed by atoms with Crippen LogP contribution >= 0.6 is 15.9 Å².